The Kier molecular flexibility index (Phi) is 5.88. The van der Waals surface area contributed by atoms with Crippen LogP contribution in [0.25, 0.3) is 0 Å². The van der Waals surface area contributed by atoms with Gasteiger partial charge in [-0.15, -0.1) is 0 Å². The van der Waals surface area contributed by atoms with Gasteiger partial charge in [-0.2, -0.15) is 0 Å². The van der Waals surface area contributed by atoms with Crippen LogP contribution in [0.1, 0.15) is 20.8 Å². The summed E-state index contributed by atoms with van der Waals surface area (Å²) >= 11 is 0. The lowest BCUT2D eigenvalue weighted by molar-refractivity contribution is 0.156. The van der Waals surface area contributed by atoms with Crippen LogP contribution < -0.4 is 0 Å². The Hall–Kier alpha value is 0.571. The SMILES string of the molecule is C[C@@H](O[Si](C)(C)C)[SiH](C)OC(C)(C)[Si](C)(C)C. The minimum absolute atomic E-state index is 0.0513. The maximum atomic E-state index is 6.41. The summed E-state index contributed by atoms with van der Waals surface area (Å²) in [7, 11) is -4.00. The van der Waals surface area contributed by atoms with Gasteiger partial charge in [-0.1, -0.05) is 19.6 Å². The van der Waals surface area contributed by atoms with Gasteiger partial charge in [0, 0.05) is 5.22 Å². The normalized spacial score (nSPS) is 18.0. The highest BCUT2D eigenvalue weighted by atomic mass is 28.4. The predicted molar refractivity (Wildman–Crippen MR) is 85.4 cm³/mol. The Morgan fingerprint density at radius 1 is 1.00 bits per heavy atom. The van der Waals surface area contributed by atoms with Crippen molar-refractivity contribution in [3.63, 3.8) is 0 Å². The van der Waals surface area contributed by atoms with Crippen LogP contribution in [0.15, 0.2) is 0 Å². The zero-order valence-corrected chi connectivity index (χ0v) is 16.6. The highest BCUT2D eigenvalue weighted by Gasteiger charge is 2.38. The number of rotatable bonds is 6. The molecule has 1 unspecified atom stereocenters. The molecule has 5 heteroatoms. The lowest BCUT2D eigenvalue weighted by Gasteiger charge is -2.41. The van der Waals surface area contributed by atoms with E-state index in [2.05, 4.69) is 66.6 Å². The monoisotopic (exact) mass is 292 g/mol. The van der Waals surface area contributed by atoms with E-state index in [0.29, 0.717) is 5.73 Å². The molecule has 0 saturated carbocycles. The molecule has 0 aromatic heterocycles. The molecule has 0 spiro atoms. The first-order valence-corrected chi connectivity index (χ1v) is 15.8. The Bertz CT molecular complexity index is 241. The van der Waals surface area contributed by atoms with Gasteiger partial charge >= 0.3 is 0 Å². The number of hydrogen-bond donors (Lipinski definition) is 0. The minimum atomic E-state index is -1.44. The zero-order chi connectivity index (χ0) is 14.1. The minimum Gasteiger partial charge on any atom is -0.416 e. The van der Waals surface area contributed by atoms with Crippen molar-refractivity contribution in [2.75, 3.05) is 0 Å². The van der Waals surface area contributed by atoms with E-state index < -0.39 is 25.4 Å². The smallest absolute Gasteiger partial charge is 0.200 e. The van der Waals surface area contributed by atoms with E-state index in [4.69, 9.17) is 8.85 Å². The largest absolute Gasteiger partial charge is 0.416 e. The van der Waals surface area contributed by atoms with E-state index in [1.807, 2.05) is 0 Å². The summed E-state index contributed by atoms with van der Waals surface area (Å²) < 4.78 is 12.6. The molecule has 0 heterocycles. The molecular weight excluding hydrogens is 260 g/mol. The fourth-order valence-corrected chi connectivity index (χ4v) is 7.59. The molecule has 0 amide bonds. The van der Waals surface area contributed by atoms with Gasteiger partial charge in [-0.05, 0) is 47.0 Å². The topological polar surface area (TPSA) is 18.5 Å². The van der Waals surface area contributed by atoms with Crippen LogP contribution in [0.4, 0.5) is 0 Å². The predicted octanol–water partition coefficient (Wildman–Crippen LogP) is 3.79. The Morgan fingerprint density at radius 2 is 1.41 bits per heavy atom. The standard InChI is InChI=1S/C12H32O2Si3/c1-11(13-17(8,9)10)15(4)14-12(2,3)16(5,6)7/h11,15H,1-10H3/t11-,15?/m0/s1. The van der Waals surface area contributed by atoms with Crippen molar-refractivity contribution in [3.8, 4) is 0 Å². The van der Waals surface area contributed by atoms with Crippen LogP contribution >= 0.6 is 0 Å². The summed E-state index contributed by atoms with van der Waals surface area (Å²) in [6, 6.07) is 0. The van der Waals surface area contributed by atoms with Gasteiger partial charge in [0.15, 0.2) is 8.32 Å². The average Bonchev–Trinajstić information content (AvgIpc) is 1.97. The zero-order valence-electron chi connectivity index (χ0n) is 13.5. The molecule has 2 nitrogen and oxygen atoms in total. The van der Waals surface area contributed by atoms with E-state index in [9.17, 15) is 0 Å². The van der Waals surface area contributed by atoms with E-state index in [1.165, 1.54) is 0 Å². The van der Waals surface area contributed by atoms with Gasteiger partial charge in [-0.25, -0.2) is 0 Å². The molecular formula is C12H32O2Si3. The molecule has 0 aliphatic rings. The van der Waals surface area contributed by atoms with Gasteiger partial charge in [0.1, 0.15) is 0 Å². The van der Waals surface area contributed by atoms with E-state index in [0.717, 1.165) is 0 Å². The van der Waals surface area contributed by atoms with Crippen LogP contribution in [0, 0.1) is 0 Å². The van der Waals surface area contributed by atoms with Crippen LogP contribution in [0.5, 0.6) is 0 Å². The van der Waals surface area contributed by atoms with Gasteiger partial charge < -0.3 is 8.85 Å². The number of hydrogen-bond acceptors (Lipinski definition) is 2. The summed E-state index contributed by atoms with van der Waals surface area (Å²) in [5.74, 6) is 0. The fourth-order valence-electron chi connectivity index (χ4n) is 1.39. The molecule has 0 rings (SSSR count). The molecule has 0 aromatic carbocycles. The second-order valence-electron chi connectivity index (χ2n) is 7.52. The molecule has 0 fully saturated rings. The summed E-state index contributed by atoms with van der Waals surface area (Å²) in [5.41, 5.74) is 0.317. The maximum absolute atomic E-state index is 6.41. The molecule has 0 radical (unpaired) electrons. The Labute approximate surface area is 112 Å². The fraction of sp³-hybridized carbons (Fsp3) is 1.00. The highest BCUT2D eigenvalue weighted by Crippen LogP contribution is 2.26. The van der Waals surface area contributed by atoms with Crippen molar-refractivity contribution in [2.45, 2.75) is 77.6 Å². The summed E-state index contributed by atoms with van der Waals surface area (Å²) in [6.45, 7) is 22.8. The quantitative estimate of drug-likeness (QED) is 0.693. The lowest BCUT2D eigenvalue weighted by Crippen LogP contribution is -2.54. The molecule has 0 bridgehead atoms. The summed E-state index contributed by atoms with van der Waals surface area (Å²) in [4.78, 5) is 0. The van der Waals surface area contributed by atoms with Crippen molar-refractivity contribution < 1.29 is 8.85 Å². The van der Waals surface area contributed by atoms with Crippen LogP contribution in [-0.4, -0.2) is 36.4 Å². The van der Waals surface area contributed by atoms with Crippen molar-refractivity contribution in [3.05, 3.63) is 0 Å². The molecule has 17 heavy (non-hydrogen) atoms. The van der Waals surface area contributed by atoms with E-state index in [1.54, 1.807) is 0 Å². The third-order valence-corrected chi connectivity index (χ3v) is 11.2. The van der Waals surface area contributed by atoms with Gasteiger partial charge in [0.05, 0.1) is 13.8 Å². The molecule has 104 valence electrons. The summed E-state index contributed by atoms with van der Waals surface area (Å²) in [6.07, 6.45) is 0. The van der Waals surface area contributed by atoms with Gasteiger partial charge in [0.25, 0.3) is 0 Å². The Balaban J connectivity index is 4.50. The van der Waals surface area contributed by atoms with Crippen molar-refractivity contribution in [2.24, 2.45) is 0 Å². The molecule has 2 atom stereocenters. The third kappa shape index (κ3) is 6.33. The molecule has 0 aromatic rings. The van der Waals surface area contributed by atoms with E-state index >= 15 is 0 Å². The molecule has 0 aliphatic carbocycles. The van der Waals surface area contributed by atoms with Crippen molar-refractivity contribution >= 4 is 25.4 Å². The second kappa shape index (κ2) is 5.69. The van der Waals surface area contributed by atoms with Crippen LogP contribution in [0.3, 0.4) is 0 Å². The first kappa shape index (κ1) is 17.6. The third-order valence-electron chi connectivity index (χ3n) is 3.49. The van der Waals surface area contributed by atoms with Crippen molar-refractivity contribution in [1.29, 1.82) is 0 Å². The van der Waals surface area contributed by atoms with Gasteiger partial charge in [0.2, 0.25) is 9.04 Å². The van der Waals surface area contributed by atoms with Gasteiger partial charge in [-0.3, -0.25) is 0 Å². The highest BCUT2D eigenvalue weighted by molar-refractivity contribution is 6.79. The van der Waals surface area contributed by atoms with Crippen molar-refractivity contribution in [1.82, 2.24) is 0 Å². The molecule has 0 N–H and O–H groups in total. The first-order chi connectivity index (χ1) is 7.26. The Morgan fingerprint density at radius 3 is 1.71 bits per heavy atom. The van der Waals surface area contributed by atoms with Crippen LogP contribution in [0.2, 0.25) is 45.8 Å². The van der Waals surface area contributed by atoms with Crippen LogP contribution in [-0.2, 0) is 8.85 Å². The first-order valence-electron chi connectivity index (χ1n) is 6.62. The summed E-state index contributed by atoms with van der Waals surface area (Å²) in [5, 5.41) is 0.0513. The maximum Gasteiger partial charge on any atom is 0.200 e. The lowest BCUT2D eigenvalue weighted by atomic mass is 10.5. The average molecular weight is 293 g/mol. The van der Waals surface area contributed by atoms with E-state index in [-0.39, 0.29) is 5.22 Å². The molecule has 0 aliphatic heterocycles. The second-order valence-corrected chi connectivity index (χ2v) is 20.3. The molecule has 0 saturated heterocycles.